The predicted molar refractivity (Wildman–Crippen MR) is 67.0 cm³/mol. The zero-order valence-corrected chi connectivity index (χ0v) is 9.81. The molecule has 0 atom stereocenters. The summed E-state index contributed by atoms with van der Waals surface area (Å²) in [6.45, 7) is 1.93. The van der Waals surface area contributed by atoms with E-state index in [-0.39, 0.29) is 0 Å². The molecule has 84 valence electrons. The lowest BCUT2D eigenvalue weighted by atomic mass is 10.2. The van der Waals surface area contributed by atoms with Gasteiger partial charge < -0.3 is 10.6 Å². The van der Waals surface area contributed by atoms with Crippen molar-refractivity contribution in [1.82, 2.24) is 9.55 Å². The van der Waals surface area contributed by atoms with E-state index in [1.807, 2.05) is 43.9 Å². The zero-order chi connectivity index (χ0) is 11.7. The molecule has 0 unspecified atom stereocenters. The van der Waals surface area contributed by atoms with Crippen molar-refractivity contribution >= 4 is 11.6 Å². The lowest BCUT2D eigenvalue weighted by molar-refractivity contribution is 1.07. The van der Waals surface area contributed by atoms with E-state index in [0.29, 0.717) is 5.95 Å². The molecule has 0 spiro atoms. The van der Waals surface area contributed by atoms with E-state index < -0.39 is 0 Å². The first-order valence-electron chi connectivity index (χ1n) is 5.17. The monoisotopic (exact) mass is 216 g/mol. The van der Waals surface area contributed by atoms with Crippen LogP contribution >= 0.6 is 0 Å². The van der Waals surface area contributed by atoms with Crippen LogP contribution in [-0.4, -0.2) is 23.6 Å². The van der Waals surface area contributed by atoms with Gasteiger partial charge in [-0.2, -0.15) is 0 Å². The van der Waals surface area contributed by atoms with Gasteiger partial charge in [0.25, 0.3) is 0 Å². The van der Waals surface area contributed by atoms with Crippen molar-refractivity contribution in [3.05, 3.63) is 36.2 Å². The van der Waals surface area contributed by atoms with E-state index in [1.54, 1.807) is 0 Å². The Hall–Kier alpha value is -1.97. The first-order valence-corrected chi connectivity index (χ1v) is 5.17. The van der Waals surface area contributed by atoms with Crippen LogP contribution in [0.5, 0.6) is 0 Å². The molecule has 1 aromatic heterocycles. The molecule has 0 radical (unpaired) electrons. The summed E-state index contributed by atoms with van der Waals surface area (Å²) < 4.78 is 1.88. The van der Waals surface area contributed by atoms with Gasteiger partial charge in [0.15, 0.2) is 0 Å². The van der Waals surface area contributed by atoms with Gasteiger partial charge in [0, 0.05) is 31.7 Å². The maximum absolute atomic E-state index is 5.81. The van der Waals surface area contributed by atoms with Crippen LogP contribution in [0.2, 0.25) is 0 Å². The Bertz CT molecular complexity index is 482. The molecule has 16 heavy (non-hydrogen) atoms. The Morgan fingerprint density at radius 3 is 2.25 bits per heavy atom. The average Bonchev–Trinajstić information content (AvgIpc) is 2.58. The molecule has 1 heterocycles. The second-order valence-electron chi connectivity index (χ2n) is 4.02. The van der Waals surface area contributed by atoms with Crippen molar-refractivity contribution in [2.45, 2.75) is 6.92 Å². The van der Waals surface area contributed by atoms with Gasteiger partial charge >= 0.3 is 0 Å². The number of imidazole rings is 1. The second-order valence-corrected chi connectivity index (χ2v) is 4.02. The Labute approximate surface area is 95.3 Å². The van der Waals surface area contributed by atoms with Gasteiger partial charge in [-0.25, -0.2) is 4.98 Å². The van der Waals surface area contributed by atoms with E-state index in [1.165, 1.54) is 5.69 Å². The summed E-state index contributed by atoms with van der Waals surface area (Å²) in [4.78, 5) is 6.24. The fourth-order valence-corrected chi connectivity index (χ4v) is 1.63. The van der Waals surface area contributed by atoms with E-state index in [9.17, 15) is 0 Å². The maximum Gasteiger partial charge on any atom is 0.205 e. The Kier molecular flexibility index (Phi) is 2.56. The molecule has 0 bridgehead atoms. The van der Waals surface area contributed by atoms with Gasteiger partial charge in [-0.15, -0.1) is 0 Å². The number of hydrogen-bond donors (Lipinski definition) is 1. The Balaban J connectivity index is 2.38. The topological polar surface area (TPSA) is 47.1 Å². The number of aryl methyl sites for hydroxylation is 1. The van der Waals surface area contributed by atoms with Crippen molar-refractivity contribution in [1.29, 1.82) is 0 Å². The van der Waals surface area contributed by atoms with Crippen LogP contribution in [0.25, 0.3) is 5.69 Å². The minimum atomic E-state index is 0.523. The summed E-state index contributed by atoms with van der Waals surface area (Å²) in [5, 5.41) is 0. The highest BCUT2D eigenvalue weighted by atomic mass is 15.1. The van der Waals surface area contributed by atoms with Gasteiger partial charge in [-0.1, -0.05) is 0 Å². The third-order valence-corrected chi connectivity index (χ3v) is 2.50. The highest BCUT2D eigenvalue weighted by Gasteiger charge is 2.04. The van der Waals surface area contributed by atoms with E-state index in [0.717, 1.165) is 11.4 Å². The normalized spacial score (nSPS) is 10.4. The summed E-state index contributed by atoms with van der Waals surface area (Å²) in [6.07, 6.45) is 1.93. The number of nitrogen functional groups attached to an aromatic ring is 1. The fourth-order valence-electron chi connectivity index (χ4n) is 1.63. The Morgan fingerprint density at radius 2 is 1.81 bits per heavy atom. The summed E-state index contributed by atoms with van der Waals surface area (Å²) in [6, 6.07) is 8.19. The number of nitrogens with two attached hydrogens (primary N) is 1. The average molecular weight is 216 g/mol. The van der Waals surface area contributed by atoms with Crippen LogP contribution in [0.15, 0.2) is 30.5 Å². The largest absolute Gasteiger partial charge is 0.378 e. The van der Waals surface area contributed by atoms with Crippen molar-refractivity contribution in [2.75, 3.05) is 24.7 Å². The molecule has 0 fully saturated rings. The molecule has 4 nitrogen and oxygen atoms in total. The minimum Gasteiger partial charge on any atom is -0.378 e. The summed E-state index contributed by atoms with van der Waals surface area (Å²) in [5.74, 6) is 0.523. The molecular weight excluding hydrogens is 200 g/mol. The molecule has 4 heteroatoms. The standard InChI is InChI=1S/C12H16N4/c1-9-8-16(12(13)14-9)11-6-4-10(5-7-11)15(2)3/h4-8H,1-3H3,(H2,13,14). The number of hydrogen-bond acceptors (Lipinski definition) is 3. The summed E-state index contributed by atoms with van der Waals surface area (Å²) in [5.41, 5.74) is 8.93. The molecular formula is C12H16N4. The van der Waals surface area contributed by atoms with Crippen LogP contribution in [-0.2, 0) is 0 Å². The molecule has 0 saturated carbocycles. The Morgan fingerprint density at radius 1 is 1.19 bits per heavy atom. The van der Waals surface area contributed by atoms with Gasteiger partial charge in [0.2, 0.25) is 5.95 Å². The lowest BCUT2D eigenvalue weighted by Gasteiger charge is -2.13. The molecule has 0 aliphatic rings. The molecule has 0 saturated heterocycles. The highest BCUT2D eigenvalue weighted by molar-refractivity contribution is 5.51. The maximum atomic E-state index is 5.81. The molecule has 0 aliphatic carbocycles. The van der Waals surface area contributed by atoms with Crippen LogP contribution < -0.4 is 10.6 Å². The van der Waals surface area contributed by atoms with Gasteiger partial charge in [0.05, 0.1) is 5.69 Å². The zero-order valence-electron chi connectivity index (χ0n) is 9.81. The molecule has 2 rings (SSSR count). The first-order chi connectivity index (χ1) is 7.58. The van der Waals surface area contributed by atoms with Crippen LogP contribution in [0.4, 0.5) is 11.6 Å². The van der Waals surface area contributed by atoms with E-state index >= 15 is 0 Å². The fraction of sp³-hybridized carbons (Fsp3) is 0.250. The third kappa shape index (κ3) is 1.86. The van der Waals surface area contributed by atoms with Crippen LogP contribution in [0.1, 0.15) is 5.69 Å². The third-order valence-electron chi connectivity index (χ3n) is 2.50. The highest BCUT2D eigenvalue weighted by Crippen LogP contribution is 2.18. The number of benzene rings is 1. The first kappa shape index (κ1) is 10.5. The smallest absolute Gasteiger partial charge is 0.205 e. The molecule has 2 aromatic rings. The van der Waals surface area contributed by atoms with E-state index in [4.69, 9.17) is 5.73 Å². The molecule has 0 aliphatic heterocycles. The SMILES string of the molecule is Cc1cn(-c2ccc(N(C)C)cc2)c(N)n1. The van der Waals surface area contributed by atoms with Gasteiger partial charge in [-0.05, 0) is 31.2 Å². The summed E-state index contributed by atoms with van der Waals surface area (Å²) >= 11 is 0. The lowest BCUT2D eigenvalue weighted by Crippen LogP contribution is -2.08. The number of rotatable bonds is 2. The van der Waals surface area contributed by atoms with Crippen molar-refractivity contribution in [3.63, 3.8) is 0 Å². The van der Waals surface area contributed by atoms with Gasteiger partial charge in [-0.3, -0.25) is 4.57 Å². The number of aromatic nitrogens is 2. The quantitative estimate of drug-likeness (QED) is 0.833. The second kappa shape index (κ2) is 3.89. The van der Waals surface area contributed by atoms with Crippen molar-refractivity contribution in [3.8, 4) is 5.69 Å². The van der Waals surface area contributed by atoms with Crippen LogP contribution in [0.3, 0.4) is 0 Å². The molecule has 1 aromatic carbocycles. The predicted octanol–water partition coefficient (Wildman–Crippen LogP) is 1.83. The number of nitrogens with zero attached hydrogens (tertiary/aromatic N) is 3. The van der Waals surface area contributed by atoms with Crippen molar-refractivity contribution < 1.29 is 0 Å². The summed E-state index contributed by atoms with van der Waals surface area (Å²) in [7, 11) is 4.04. The number of anilines is 2. The van der Waals surface area contributed by atoms with Crippen molar-refractivity contribution in [2.24, 2.45) is 0 Å². The molecule has 2 N–H and O–H groups in total. The minimum absolute atomic E-state index is 0.523. The van der Waals surface area contributed by atoms with E-state index in [2.05, 4.69) is 22.0 Å². The van der Waals surface area contributed by atoms with Crippen LogP contribution in [0, 0.1) is 6.92 Å². The molecule has 0 amide bonds. The van der Waals surface area contributed by atoms with Gasteiger partial charge in [0.1, 0.15) is 0 Å².